The third-order valence-corrected chi connectivity index (χ3v) is 2.45. The maximum absolute atomic E-state index is 11.3. The summed E-state index contributed by atoms with van der Waals surface area (Å²) in [4.78, 5) is 22.6. The van der Waals surface area contributed by atoms with Gasteiger partial charge in [-0.1, -0.05) is 0 Å². The molecule has 1 aromatic rings. The van der Waals surface area contributed by atoms with E-state index in [9.17, 15) is 9.59 Å². The Morgan fingerprint density at radius 3 is 2.25 bits per heavy atom. The molecule has 0 bridgehead atoms. The van der Waals surface area contributed by atoms with Gasteiger partial charge in [-0.25, -0.2) is 4.79 Å². The summed E-state index contributed by atoms with van der Waals surface area (Å²) in [5.74, 6) is -0.298. The second kappa shape index (κ2) is 7.83. The summed E-state index contributed by atoms with van der Waals surface area (Å²) in [6, 6.07) is 7.05. The second-order valence-electron chi connectivity index (χ2n) is 3.80. The van der Waals surface area contributed by atoms with Gasteiger partial charge in [-0.3, -0.25) is 4.79 Å². The highest BCUT2D eigenvalue weighted by Crippen LogP contribution is 2.17. The highest BCUT2D eigenvalue weighted by molar-refractivity contribution is 5.85. The fourth-order valence-electron chi connectivity index (χ4n) is 1.42. The number of hydrogen-bond acceptors (Lipinski definition) is 6. The maximum Gasteiger partial charge on any atom is 0.332 e. The van der Waals surface area contributed by atoms with Crippen molar-refractivity contribution < 1.29 is 23.8 Å². The van der Waals surface area contributed by atoms with Gasteiger partial charge in [0.15, 0.2) is 0 Å². The maximum atomic E-state index is 11.3. The van der Waals surface area contributed by atoms with E-state index in [4.69, 9.17) is 4.74 Å². The average Bonchev–Trinajstić information content (AvgIpc) is 2.47. The highest BCUT2D eigenvalue weighted by Gasteiger charge is 2.09. The molecule has 108 valence electrons. The third-order valence-electron chi connectivity index (χ3n) is 2.45. The number of rotatable bonds is 6. The minimum atomic E-state index is -0.551. The number of hydrogen-bond donors (Lipinski definition) is 1. The van der Waals surface area contributed by atoms with Crippen molar-refractivity contribution in [3.05, 3.63) is 36.0 Å². The third kappa shape index (κ3) is 5.01. The van der Waals surface area contributed by atoms with Crippen LogP contribution in [-0.4, -0.2) is 33.3 Å². The van der Waals surface area contributed by atoms with Crippen LogP contribution in [0.1, 0.15) is 6.42 Å². The first-order chi connectivity index (χ1) is 9.58. The highest BCUT2D eigenvalue weighted by atomic mass is 16.5. The van der Waals surface area contributed by atoms with Crippen LogP contribution in [0.5, 0.6) is 5.75 Å². The smallest absolute Gasteiger partial charge is 0.332 e. The summed E-state index contributed by atoms with van der Waals surface area (Å²) < 4.78 is 14.2. The molecule has 0 saturated heterocycles. The number of carbonyl (C=O) groups is 2. The minimum absolute atomic E-state index is 0.0579. The Bertz CT molecular complexity index is 493. The number of methoxy groups -OCH3 is 3. The number of ether oxygens (including phenoxy) is 3. The van der Waals surface area contributed by atoms with E-state index < -0.39 is 11.9 Å². The fraction of sp³-hybridized carbons (Fsp3) is 0.286. The quantitative estimate of drug-likeness (QED) is 0.631. The normalized spacial score (nSPS) is 10.7. The van der Waals surface area contributed by atoms with Crippen LogP contribution in [0.4, 0.5) is 5.69 Å². The summed E-state index contributed by atoms with van der Waals surface area (Å²) in [5.41, 5.74) is 1.10. The predicted molar refractivity (Wildman–Crippen MR) is 73.3 cm³/mol. The van der Waals surface area contributed by atoms with E-state index in [1.165, 1.54) is 20.3 Å². The van der Waals surface area contributed by atoms with Gasteiger partial charge in [0.25, 0.3) is 0 Å². The lowest BCUT2D eigenvalue weighted by Gasteiger charge is -2.10. The SMILES string of the molecule is COC(=O)C=C(CC(=O)OC)Nc1ccc(OC)cc1. The molecule has 0 heterocycles. The standard InChI is InChI=1S/C14H17NO5/c1-18-12-6-4-10(5-7-12)15-11(8-13(16)19-2)9-14(17)20-3/h4-8,15H,9H2,1-3H3. The lowest BCUT2D eigenvalue weighted by Crippen LogP contribution is -2.10. The Morgan fingerprint density at radius 2 is 1.75 bits per heavy atom. The van der Waals surface area contributed by atoms with Gasteiger partial charge in [0, 0.05) is 17.5 Å². The van der Waals surface area contributed by atoms with Crippen LogP contribution in [-0.2, 0) is 19.1 Å². The number of esters is 2. The Labute approximate surface area is 117 Å². The molecule has 0 atom stereocenters. The second-order valence-corrected chi connectivity index (χ2v) is 3.80. The molecule has 0 aliphatic heterocycles. The molecular formula is C14H17NO5. The Hall–Kier alpha value is -2.50. The molecule has 1 rings (SSSR count). The molecule has 20 heavy (non-hydrogen) atoms. The summed E-state index contributed by atoms with van der Waals surface area (Å²) in [7, 11) is 4.12. The molecule has 1 N–H and O–H groups in total. The molecule has 0 amide bonds. The molecule has 0 aromatic heterocycles. The van der Waals surface area contributed by atoms with E-state index in [1.54, 1.807) is 31.4 Å². The molecule has 0 unspecified atom stereocenters. The van der Waals surface area contributed by atoms with Crippen LogP contribution in [0, 0.1) is 0 Å². The van der Waals surface area contributed by atoms with Crippen LogP contribution >= 0.6 is 0 Å². The zero-order chi connectivity index (χ0) is 15.0. The van der Waals surface area contributed by atoms with Crippen molar-refractivity contribution in [1.82, 2.24) is 0 Å². The van der Waals surface area contributed by atoms with Crippen molar-refractivity contribution in [3.8, 4) is 5.75 Å². The van der Waals surface area contributed by atoms with Gasteiger partial charge in [0.1, 0.15) is 5.75 Å². The van der Waals surface area contributed by atoms with Crippen molar-refractivity contribution in [1.29, 1.82) is 0 Å². The lowest BCUT2D eigenvalue weighted by atomic mass is 10.2. The summed E-state index contributed by atoms with van der Waals surface area (Å²) in [5, 5.41) is 2.96. The number of anilines is 1. The van der Waals surface area contributed by atoms with Crippen molar-refractivity contribution in [2.45, 2.75) is 6.42 Å². The largest absolute Gasteiger partial charge is 0.497 e. The van der Waals surface area contributed by atoms with E-state index in [0.29, 0.717) is 17.1 Å². The van der Waals surface area contributed by atoms with Crippen LogP contribution in [0.2, 0.25) is 0 Å². The topological polar surface area (TPSA) is 73.9 Å². The van der Waals surface area contributed by atoms with Crippen LogP contribution in [0.15, 0.2) is 36.0 Å². The Kier molecular flexibility index (Phi) is 6.09. The van der Waals surface area contributed by atoms with E-state index in [2.05, 4.69) is 14.8 Å². The first kappa shape index (κ1) is 15.6. The molecule has 0 spiro atoms. The van der Waals surface area contributed by atoms with Crippen LogP contribution in [0.25, 0.3) is 0 Å². The molecule has 0 aliphatic rings. The van der Waals surface area contributed by atoms with Crippen molar-refractivity contribution in [2.24, 2.45) is 0 Å². The lowest BCUT2D eigenvalue weighted by molar-refractivity contribution is -0.139. The molecule has 0 fully saturated rings. The van der Waals surface area contributed by atoms with Crippen LogP contribution in [0.3, 0.4) is 0 Å². The monoisotopic (exact) mass is 279 g/mol. The van der Waals surface area contributed by atoms with Crippen molar-refractivity contribution >= 4 is 17.6 Å². The molecule has 0 saturated carbocycles. The molecule has 0 radical (unpaired) electrons. The molecule has 1 aromatic carbocycles. The summed E-state index contributed by atoms with van der Waals surface area (Å²) in [6.45, 7) is 0. The Balaban J connectivity index is 2.84. The summed E-state index contributed by atoms with van der Waals surface area (Å²) in [6.07, 6.45) is 1.15. The molecule has 0 aliphatic carbocycles. The molecule has 6 heteroatoms. The number of benzene rings is 1. The van der Waals surface area contributed by atoms with E-state index in [1.807, 2.05) is 0 Å². The van der Waals surface area contributed by atoms with Gasteiger partial charge < -0.3 is 19.5 Å². The molecular weight excluding hydrogens is 262 g/mol. The van der Waals surface area contributed by atoms with Crippen molar-refractivity contribution in [3.63, 3.8) is 0 Å². The first-order valence-corrected chi connectivity index (χ1v) is 5.85. The van der Waals surface area contributed by atoms with E-state index in [-0.39, 0.29) is 6.42 Å². The van der Waals surface area contributed by atoms with Gasteiger partial charge in [-0.15, -0.1) is 0 Å². The fourth-order valence-corrected chi connectivity index (χ4v) is 1.42. The van der Waals surface area contributed by atoms with Crippen LogP contribution < -0.4 is 10.1 Å². The van der Waals surface area contributed by atoms with Gasteiger partial charge >= 0.3 is 11.9 Å². The first-order valence-electron chi connectivity index (χ1n) is 5.85. The number of carbonyl (C=O) groups excluding carboxylic acids is 2. The zero-order valence-corrected chi connectivity index (χ0v) is 11.6. The Morgan fingerprint density at radius 1 is 1.10 bits per heavy atom. The minimum Gasteiger partial charge on any atom is -0.497 e. The van der Waals surface area contributed by atoms with Crippen molar-refractivity contribution in [2.75, 3.05) is 26.6 Å². The van der Waals surface area contributed by atoms with Gasteiger partial charge in [-0.05, 0) is 24.3 Å². The molecule has 6 nitrogen and oxygen atoms in total. The van der Waals surface area contributed by atoms with Gasteiger partial charge in [0.05, 0.1) is 27.8 Å². The zero-order valence-electron chi connectivity index (χ0n) is 11.6. The van der Waals surface area contributed by atoms with E-state index in [0.717, 1.165) is 0 Å². The predicted octanol–water partition coefficient (Wildman–Crippen LogP) is 1.73. The average molecular weight is 279 g/mol. The summed E-state index contributed by atoms with van der Waals surface area (Å²) >= 11 is 0. The number of nitrogens with one attached hydrogen (secondary N) is 1. The van der Waals surface area contributed by atoms with Gasteiger partial charge in [0.2, 0.25) is 0 Å². The van der Waals surface area contributed by atoms with Gasteiger partial charge in [-0.2, -0.15) is 0 Å². The van der Waals surface area contributed by atoms with E-state index >= 15 is 0 Å².